The van der Waals surface area contributed by atoms with Crippen LogP contribution in [0.5, 0.6) is 0 Å². The Morgan fingerprint density at radius 2 is 2.00 bits per heavy atom. The minimum atomic E-state index is -0.477. The highest BCUT2D eigenvalue weighted by Crippen LogP contribution is 2.32. The lowest BCUT2D eigenvalue weighted by atomic mass is 9.99. The molecule has 0 atom stereocenters. The number of anilines is 1. The van der Waals surface area contributed by atoms with Crippen LogP contribution in [0.4, 0.5) is 5.69 Å². The summed E-state index contributed by atoms with van der Waals surface area (Å²) < 4.78 is 4.78. The van der Waals surface area contributed by atoms with E-state index in [1.807, 2.05) is 30.3 Å². The minimum absolute atomic E-state index is 0.268. The van der Waals surface area contributed by atoms with Crippen molar-refractivity contribution < 1.29 is 9.53 Å². The topological polar surface area (TPSA) is 65.2 Å². The zero-order valence-electron chi connectivity index (χ0n) is 11.8. The first-order valence-electron chi connectivity index (χ1n) is 6.63. The van der Waals surface area contributed by atoms with E-state index < -0.39 is 5.97 Å². The van der Waals surface area contributed by atoms with Gasteiger partial charge in [0, 0.05) is 17.1 Å². The van der Waals surface area contributed by atoms with Gasteiger partial charge in [0.05, 0.1) is 17.8 Å². The Balaban J connectivity index is 2.23. The molecule has 0 fully saturated rings. The van der Waals surface area contributed by atoms with Gasteiger partial charge in [0.2, 0.25) is 0 Å². The third kappa shape index (κ3) is 2.38. The molecular weight excluding hydrogens is 300 g/mol. The lowest BCUT2D eigenvalue weighted by Gasteiger charge is -2.10. The van der Waals surface area contributed by atoms with Crippen LogP contribution >= 0.6 is 11.6 Å². The normalized spacial score (nSPS) is 10.6. The Hall–Kier alpha value is -2.59. The monoisotopic (exact) mass is 312 g/mol. The van der Waals surface area contributed by atoms with Gasteiger partial charge in [-0.25, -0.2) is 9.78 Å². The van der Waals surface area contributed by atoms with E-state index in [2.05, 4.69) is 4.98 Å². The summed E-state index contributed by atoms with van der Waals surface area (Å²) >= 11 is 6.08. The molecule has 1 heterocycles. The van der Waals surface area contributed by atoms with E-state index >= 15 is 0 Å². The Bertz CT molecular complexity index is 878. The first kappa shape index (κ1) is 14.4. The summed E-state index contributed by atoms with van der Waals surface area (Å²) in [7, 11) is 1.33. The maximum Gasteiger partial charge on any atom is 0.357 e. The number of nitrogen functional groups attached to an aromatic ring is 1. The molecule has 0 aliphatic carbocycles. The highest BCUT2D eigenvalue weighted by molar-refractivity contribution is 6.34. The summed E-state index contributed by atoms with van der Waals surface area (Å²) in [5.74, 6) is -0.477. The summed E-state index contributed by atoms with van der Waals surface area (Å²) in [6, 6.07) is 13.0. The maximum atomic E-state index is 11.9. The average Bonchev–Trinajstić information content (AvgIpc) is 2.57. The van der Waals surface area contributed by atoms with Gasteiger partial charge in [0.1, 0.15) is 0 Å². The molecule has 0 aliphatic heterocycles. The van der Waals surface area contributed by atoms with Crippen molar-refractivity contribution in [3.05, 3.63) is 59.4 Å². The van der Waals surface area contributed by atoms with Crippen LogP contribution in [0.15, 0.2) is 48.7 Å². The zero-order valence-corrected chi connectivity index (χ0v) is 12.6. The van der Waals surface area contributed by atoms with Crippen LogP contribution in [-0.4, -0.2) is 18.1 Å². The van der Waals surface area contributed by atoms with Crippen molar-refractivity contribution in [3.63, 3.8) is 0 Å². The fourth-order valence-electron chi connectivity index (χ4n) is 2.38. The molecule has 0 bridgehead atoms. The fraction of sp³-hybridized carbons (Fsp3) is 0.0588. The smallest absolute Gasteiger partial charge is 0.357 e. The highest BCUT2D eigenvalue weighted by Gasteiger charge is 2.15. The Morgan fingerprint density at radius 3 is 2.77 bits per heavy atom. The molecule has 4 nitrogen and oxygen atoms in total. The van der Waals surface area contributed by atoms with Crippen molar-refractivity contribution >= 4 is 34.0 Å². The van der Waals surface area contributed by atoms with Crippen molar-refractivity contribution in [2.75, 3.05) is 12.8 Å². The van der Waals surface area contributed by atoms with E-state index in [0.29, 0.717) is 16.3 Å². The van der Waals surface area contributed by atoms with Gasteiger partial charge in [-0.3, -0.25) is 0 Å². The number of nitrogens with zero attached hydrogens (tertiary/aromatic N) is 1. The number of nitrogens with two attached hydrogens (primary N) is 1. The van der Waals surface area contributed by atoms with E-state index in [9.17, 15) is 4.79 Å². The summed E-state index contributed by atoms with van der Waals surface area (Å²) in [5, 5.41) is 2.32. The number of benzene rings is 2. The van der Waals surface area contributed by atoms with Gasteiger partial charge in [0.25, 0.3) is 0 Å². The number of pyridine rings is 1. The Labute approximate surface area is 132 Å². The van der Waals surface area contributed by atoms with Crippen molar-refractivity contribution in [2.45, 2.75) is 0 Å². The maximum absolute atomic E-state index is 11.9. The van der Waals surface area contributed by atoms with Crippen molar-refractivity contribution in [1.29, 1.82) is 0 Å². The number of esters is 1. The molecule has 3 aromatic rings. The van der Waals surface area contributed by atoms with Gasteiger partial charge in [-0.1, -0.05) is 35.9 Å². The predicted octanol–water partition coefficient (Wildman–Crippen LogP) is 3.92. The number of fused-ring (bicyclic) bond motifs is 1. The van der Waals surface area contributed by atoms with Crippen LogP contribution < -0.4 is 5.73 Å². The first-order chi connectivity index (χ1) is 10.6. The number of halogens is 1. The largest absolute Gasteiger partial charge is 0.464 e. The molecule has 0 unspecified atom stereocenters. The standard InChI is InChI=1S/C17H13ClN2O2/c1-22-17(21)16-12(3-2-8-20-16)11-5-4-10-6-7-14(18)15(19)13(10)9-11/h2-9H,19H2,1H3. The van der Waals surface area contributed by atoms with E-state index in [-0.39, 0.29) is 5.69 Å². The third-order valence-electron chi connectivity index (χ3n) is 3.51. The van der Waals surface area contributed by atoms with Gasteiger partial charge in [-0.2, -0.15) is 0 Å². The number of hydrogen-bond acceptors (Lipinski definition) is 4. The van der Waals surface area contributed by atoms with Gasteiger partial charge < -0.3 is 10.5 Å². The molecule has 110 valence electrons. The molecule has 1 aromatic heterocycles. The van der Waals surface area contributed by atoms with E-state index in [0.717, 1.165) is 16.3 Å². The van der Waals surface area contributed by atoms with Crippen LogP contribution in [-0.2, 0) is 4.74 Å². The molecule has 0 spiro atoms. The zero-order chi connectivity index (χ0) is 15.7. The molecule has 0 radical (unpaired) electrons. The molecule has 2 aromatic carbocycles. The Kier molecular flexibility index (Phi) is 3.69. The number of rotatable bonds is 2. The lowest BCUT2D eigenvalue weighted by molar-refractivity contribution is 0.0595. The quantitative estimate of drug-likeness (QED) is 0.575. The van der Waals surface area contributed by atoms with E-state index in [4.69, 9.17) is 22.1 Å². The van der Waals surface area contributed by atoms with Gasteiger partial charge in [-0.15, -0.1) is 0 Å². The summed E-state index contributed by atoms with van der Waals surface area (Å²) in [5.41, 5.74) is 8.36. The summed E-state index contributed by atoms with van der Waals surface area (Å²) in [4.78, 5) is 16.0. The van der Waals surface area contributed by atoms with Gasteiger partial charge in [0.15, 0.2) is 5.69 Å². The second kappa shape index (κ2) is 5.66. The van der Waals surface area contributed by atoms with Crippen molar-refractivity contribution in [3.8, 4) is 11.1 Å². The number of methoxy groups -OCH3 is 1. The lowest BCUT2D eigenvalue weighted by Crippen LogP contribution is -2.06. The number of hydrogen-bond donors (Lipinski definition) is 1. The highest BCUT2D eigenvalue weighted by atomic mass is 35.5. The molecule has 0 saturated heterocycles. The second-order valence-corrected chi connectivity index (χ2v) is 5.20. The SMILES string of the molecule is COC(=O)c1ncccc1-c1ccc2ccc(Cl)c(N)c2c1. The number of carbonyl (C=O) groups excluding carboxylic acids is 1. The third-order valence-corrected chi connectivity index (χ3v) is 3.84. The number of ether oxygens (including phenoxy) is 1. The molecule has 0 aliphatic rings. The average molecular weight is 313 g/mol. The molecule has 3 rings (SSSR count). The van der Waals surface area contributed by atoms with Crippen LogP contribution in [0, 0.1) is 0 Å². The Morgan fingerprint density at radius 1 is 1.23 bits per heavy atom. The van der Waals surface area contributed by atoms with E-state index in [1.54, 1.807) is 18.3 Å². The van der Waals surface area contributed by atoms with Crippen LogP contribution in [0.1, 0.15) is 10.5 Å². The summed E-state index contributed by atoms with van der Waals surface area (Å²) in [6.07, 6.45) is 1.56. The minimum Gasteiger partial charge on any atom is -0.464 e. The fourth-order valence-corrected chi connectivity index (χ4v) is 2.55. The number of aromatic nitrogens is 1. The van der Waals surface area contributed by atoms with Gasteiger partial charge >= 0.3 is 5.97 Å². The predicted molar refractivity (Wildman–Crippen MR) is 87.9 cm³/mol. The molecule has 22 heavy (non-hydrogen) atoms. The molecule has 5 heteroatoms. The molecule has 0 saturated carbocycles. The molecule has 0 amide bonds. The second-order valence-electron chi connectivity index (χ2n) is 4.79. The van der Waals surface area contributed by atoms with Gasteiger partial charge in [-0.05, 0) is 29.1 Å². The van der Waals surface area contributed by atoms with Crippen molar-refractivity contribution in [2.24, 2.45) is 0 Å². The molecule has 2 N–H and O–H groups in total. The summed E-state index contributed by atoms with van der Waals surface area (Å²) in [6.45, 7) is 0. The van der Waals surface area contributed by atoms with Crippen molar-refractivity contribution in [1.82, 2.24) is 4.98 Å². The van der Waals surface area contributed by atoms with Crippen LogP contribution in [0.3, 0.4) is 0 Å². The number of carbonyl (C=O) groups is 1. The van der Waals surface area contributed by atoms with Crippen LogP contribution in [0.2, 0.25) is 5.02 Å². The van der Waals surface area contributed by atoms with Crippen LogP contribution in [0.25, 0.3) is 21.9 Å². The van der Waals surface area contributed by atoms with E-state index in [1.165, 1.54) is 7.11 Å². The molecular formula is C17H13ClN2O2. The first-order valence-corrected chi connectivity index (χ1v) is 7.01.